The highest BCUT2D eigenvalue weighted by Gasteiger charge is 1.96. The maximum Gasteiger partial charge on any atom is 0.0701 e. The van der Waals surface area contributed by atoms with Gasteiger partial charge in [-0.15, -0.1) is 11.6 Å². The van der Waals surface area contributed by atoms with Crippen molar-refractivity contribution in [2.45, 2.75) is 19.8 Å². The number of halogens is 1. The van der Waals surface area contributed by atoms with Gasteiger partial charge in [0.15, 0.2) is 0 Å². The molecule has 0 saturated heterocycles. The Bertz CT molecular complexity index is 161. The minimum Gasteiger partial charge on any atom is -0.379 e. The zero-order chi connectivity index (χ0) is 13.5. The fourth-order valence-corrected chi connectivity index (χ4v) is 1.55. The summed E-state index contributed by atoms with van der Waals surface area (Å²) in [6.07, 6.45) is 2.30. The molecule has 0 unspecified atom stereocenters. The van der Waals surface area contributed by atoms with E-state index in [1.165, 1.54) is 6.42 Å². The molecule has 110 valence electrons. The third kappa shape index (κ3) is 14.2. The molecule has 0 heterocycles. The van der Waals surface area contributed by atoms with E-state index in [1.54, 1.807) is 0 Å². The smallest absolute Gasteiger partial charge is 0.0701 e. The Morgan fingerprint density at radius 1 is 0.833 bits per heavy atom. The van der Waals surface area contributed by atoms with Crippen LogP contribution in [-0.2, 0) is 14.2 Å². The zero-order valence-electron chi connectivity index (χ0n) is 11.8. The van der Waals surface area contributed by atoms with Crippen LogP contribution in [0.5, 0.6) is 0 Å². The third-order valence-corrected chi connectivity index (χ3v) is 2.64. The zero-order valence-corrected chi connectivity index (χ0v) is 12.6. The van der Waals surface area contributed by atoms with Gasteiger partial charge in [0.2, 0.25) is 0 Å². The summed E-state index contributed by atoms with van der Waals surface area (Å²) in [5.41, 5.74) is 0. The Hall–Kier alpha value is 0.130. The van der Waals surface area contributed by atoms with Gasteiger partial charge < -0.3 is 19.1 Å². The Kier molecular flexibility index (Phi) is 15.3. The lowest BCUT2D eigenvalue weighted by Gasteiger charge is -2.14. The predicted molar refractivity (Wildman–Crippen MR) is 75.6 cm³/mol. The molecule has 0 aromatic rings. The van der Waals surface area contributed by atoms with Crippen LogP contribution in [0.2, 0.25) is 0 Å². The molecule has 0 aliphatic carbocycles. The predicted octanol–water partition coefficient (Wildman–Crippen LogP) is 2.01. The van der Waals surface area contributed by atoms with Crippen LogP contribution in [0.4, 0.5) is 0 Å². The Morgan fingerprint density at radius 2 is 1.39 bits per heavy atom. The van der Waals surface area contributed by atoms with Crippen LogP contribution in [-0.4, -0.2) is 70.6 Å². The molecule has 5 heteroatoms. The highest BCUT2D eigenvalue weighted by molar-refractivity contribution is 6.18. The number of rotatable bonds is 14. The monoisotopic (exact) mass is 281 g/mol. The number of likely N-dealkylation sites (N-methyl/N-ethyl adjacent to an activating group) is 1. The van der Waals surface area contributed by atoms with Crippen LogP contribution >= 0.6 is 11.6 Å². The second-order valence-corrected chi connectivity index (χ2v) is 4.56. The van der Waals surface area contributed by atoms with E-state index in [1.807, 2.05) is 7.05 Å². The summed E-state index contributed by atoms with van der Waals surface area (Å²) in [6, 6.07) is 0. The maximum absolute atomic E-state index is 5.62. The lowest BCUT2D eigenvalue weighted by Crippen LogP contribution is -2.25. The van der Waals surface area contributed by atoms with Crippen LogP contribution in [0.3, 0.4) is 0 Å². The van der Waals surface area contributed by atoms with Crippen molar-refractivity contribution in [2.24, 2.45) is 0 Å². The summed E-state index contributed by atoms with van der Waals surface area (Å²) in [5.74, 6) is 0.664. The van der Waals surface area contributed by atoms with Crippen molar-refractivity contribution in [3.8, 4) is 0 Å². The molecule has 0 aromatic heterocycles. The van der Waals surface area contributed by atoms with E-state index in [0.29, 0.717) is 32.3 Å². The summed E-state index contributed by atoms with van der Waals surface area (Å²) in [7, 11) is 2.04. The van der Waals surface area contributed by atoms with Gasteiger partial charge in [0.25, 0.3) is 0 Å². The van der Waals surface area contributed by atoms with Crippen molar-refractivity contribution in [3.63, 3.8) is 0 Å². The first kappa shape index (κ1) is 18.1. The summed E-state index contributed by atoms with van der Waals surface area (Å²) in [5, 5.41) is 0. The molecule has 0 spiro atoms. The molecule has 0 rings (SSSR count). The molecule has 0 N–H and O–H groups in total. The summed E-state index contributed by atoms with van der Waals surface area (Å²) >= 11 is 5.62. The van der Waals surface area contributed by atoms with Gasteiger partial charge in [0.05, 0.1) is 33.0 Å². The molecule has 0 bridgehead atoms. The first-order chi connectivity index (χ1) is 8.81. The van der Waals surface area contributed by atoms with Gasteiger partial charge in [-0.3, -0.25) is 0 Å². The summed E-state index contributed by atoms with van der Waals surface area (Å²) in [4.78, 5) is 2.15. The van der Waals surface area contributed by atoms with E-state index >= 15 is 0 Å². The van der Waals surface area contributed by atoms with Crippen molar-refractivity contribution in [1.82, 2.24) is 4.90 Å². The Morgan fingerprint density at radius 3 is 1.94 bits per heavy atom. The molecule has 4 nitrogen and oxygen atoms in total. The van der Waals surface area contributed by atoms with Crippen LogP contribution in [0.1, 0.15) is 19.8 Å². The molecule has 0 fully saturated rings. The first-order valence-electron chi connectivity index (χ1n) is 6.79. The molecule has 0 amide bonds. The number of nitrogens with zero attached hydrogens (tertiary/aromatic N) is 1. The van der Waals surface area contributed by atoms with Crippen molar-refractivity contribution in [3.05, 3.63) is 0 Å². The average molecular weight is 282 g/mol. The van der Waals surface area contributed by atoms with Gasteiger partial charge in [-0.2, -0.15) is 0 Å². The van der Waals surface area contributed by atoms with Crippen LogP contribution in [0.25, 0.3) is 0 Å². The SMILES string of the molecule is CCCCOCCOCCOCCN(C)CCCl. The summed E-state index contributed by atoms with van der Waals surface area (Å²) < 4.78 is 16.2. The molecule has 18 heavy (non-hydrogen) atoms. The van der Waals surface area contributed by atoms with Gasteiger partial charge in [-0.05, 0) is 13.5 Å². The van der Waals surface area contributed by atoms with Crippen molar-refractivity contribution < 1.29 is 14.2 Å². The lowest BCUT2D eigenvalue weighted by atomic mass is 10.4. The topological polar surface area (TPSA) is 30.9 Å². The highest BCUT2D eigenvalue weighted by atomic mass is 35.5. The molecule has 0 radical (unpaired) electrons. The number of hydrogen-bond acceptors (Lipinski definition) is 4. The van der Waals surface area contributed by atoms with E-state index in [4.69, 9.17) is 25.8 Å². The molecular weight excluding hydrogens is 254 g/mol. The minimum atomic E-state index is 0.635. The second-order valence-electron chi connectivity index (χ2n) is 4.18. The van der Waals surface area contributed by atoms with Crippen molar-refractivity contribution in [1.29, 1.82) is 0 Å². The molecule has 0 aliphatic heterocycles. The maximum atomic E-state index is 5.62. The molecule has 0 aliphatic rings. The lowest BCUT2D eigenvalue weighted by molar-refractivity contribution is 0.0113. The fraction of sp³-hybridized carbons (Fsp3) is 1.00. The van der Waals surface area contributed by atoms with E-state index in [9.17, 15) is 0 Å². The van der Waals surface area contributed by atoms with Crippen LogP contribution < -0.4 is 0 Å². The Balaban J connectivity index is 2.98. The van der Waals surface area contributed by atoms with Gasteiger partial charge in [0.1, 0.15) is 0 Å². The van der Waals surface area contributed by atoms with E-state index < -0.39 is 0 Å². The quantitative estimate of drug-likeness (QED) is 0.360. The minimum absolute atomic E-state index is 0.635. The van der Waals surface area contributed by atoms with E-state index in [2.05, 4.69) is 11.8 Å². The number of alkyl halides is 1. The number of ether oxygens (including phenoxy) is 3. The largest absolute Gasteiger partial charge is 0.379 e. The van der Waals surface area contributed by atoms with Gasteiger partial charge in [-0.25, -0.2) is 0 Å². The van der Waals surface area contributed by atoms with Crippen LogP contribution in [0.15, 0.2) is 0 Å². The van der Waals surface area contributed by atoms with Gasteiger partial charge in [-0.1, -0.05) is 13.3 Å². The van der Waals surface area contributed by atoms with Gasteiger partial charge >= 0.3 is 0 Å². The Labute approximate surface area is 117 Å². The molecule has 0 saturated carbocycles. The van der Waals surface area contributed by atoms with Crippen LogP contribution in [0, 0.1) is 0 Å². The average Bonchev–Trinajstić information content (AvgIpc) is 2.36. The number of hydrogen-bond donors (Lipinski definition) is 0. The second kappa shape index (κ2) is 15.2. The van der Waals surface area contributed by atoms with Crippen molar-refractivity contribution >= 4 is 11.6 Å². The van der Waals surface area contributed by atoms with Gasteiger partial charge in [0, 0.05) is 25.6 Å². The molecular formula is C13H28ClNO3. The molecule has 0 aromatic carbocycles. The van der Waals surface area contributed by atoms with E-state index in [0.717, 1.165) is 32.7 Å². The van der Waals surface area contributed by atoms with E-state index in [-0.39, 0.29) is 0 Å². The molecule has 0 atom stereocenters. The fourth-order valence-electron chi connectivity index (χ4n) is 1.26. The highest BCUT2D eigenvalue weighted by Crippen LogP contribution is 1.88. The third-order valence-electron chi connectivity index (χ3n) is 2.47. The first-order valence-corrected chi connectivity index (χ1v) is 7.32. The number of unbranched alkanes of at least 4 members (excludes halogenated alkanes) is 1. The van der Waals surface area contributed by atoms with Crippen molar-refractivity contribution in [2.75, 3.05) is 65.7 Å². The normalized spacial score (nSPS) is 11.3. The standard InChI is InChI=1S/C13H28ClNO3/c1-3-4-8-16-10-12-18-13-11-17-9-7-15(2)6-5-14/h3-13H2,1-2H3. The summed E-state index contributed by atoms with van der Waals surface area (Å²) in [6.45, 7) is 8.13.